The van der Waals surface area contributed by atoms with Crippen molar-refractivity contribution in [2.24, 2.45) is 17.8 Å². The van der Waals surface area contributed by atoms with Gasteiger partial charge < -0.3 is 33.8 Å². The molecule has 0 aliphatic rings. The van der Waals surface area contributed by atoms with Gasteiger partial charge in [-0.3, -0.25) is 37.3 Å². The van der Waals surface area contributed by atoms with Crippen LogP contribution in [0, 0.1) is 17.8 Å². The van der Waals surface area contributed by atoms with E-state index in [-0.39, 0.29) is 25.7 Å². The SMILES string of the molecule is CCCCCCCCCC(=O)OC[C@H](COP(=O)(O)OC[C@H](O)COP(=O)(O)OC[C@@H](COC(=O)CCCCCCCCCCCCCCCCC(C)C)OC(=O)CCCCCCCCCCCCCCCCCCCCC(C)CC)OC(=O)CCCCCCCCC(C)C. The Morgan fingerprint density at radius 3 is 0.800 bits per heavy atom. The lowest BCUT2D eigenvalue weighted by Gasteiger charge is -2.21. The highest BCUT2D eigenvalue weighted by atomic mass is 31.2. The maximum atomic E-state index is 13.1. The van der Waals surface area contributed by atoms with Crippen LogP contribution in [0.5, 0.6) is 0 Å². The fourth-order valence-corrected chi connectivity index (χ4v) is 13.1. The van der Waals surface area contributed by atoms with E-state index in [1.165, 1.54) is 186 Å². The van der Waals surface area contributed by atoms with Crippen molar-refractivity contribution in [3.8, 4) is 0 Å². The molecule has 95 heavy (non-hydrogen) atoms. The second kappa shape index (κ2) is 66.6. The molecule has 0 saturated heterocycles. The molecule has 564 valence electrons. The lowest BCUT2D eigenvalue weighted by Crippen LogP contribution is -2.30. The highest BCUT2D eigenvalue weighted by Gasteiger charge is 2.30. The van der Waals surface area contributed by atoms with Crippen LogP contribution >= 0.6 is 15.6 Å². The number of phosphoric ester groups is 2. The quantitative estimate of drug-likeness (QED) is 0.0222. The van der Waals surface area contributed by atoms with Gasteiger partial charge in [-0.05, 0) is 43.4 Å². The predicted molar refractivity (Wildman–Crippen MR) is 386 cm³/mol. The third-order valence-electron chi connectivity index (χ3n) is 18.0. The number of carbonyl (C=O) groups is 4. The molecule has 19 heteroatoms. The van der Waals surface area contributed by atoms with Gasteiger partial charge in [-0.1, -0.05) is 337 Å². The molecule has 0 saturated carbocycles. The molecule has 6 atom stereocenters. The van der Waals surface area contributed by atoms with E-state index in [4.69, 9.17) is 37.0 Å². The molecule has 0 aromatic carbocycles. The Bertz CT molecular complexity index is 1850. The minimum absolute atomic E-state index is 0.102. The number of hydrogen-bond donors (Lipinski definition) is 3. The van der Waals surface area contributed by atoms with Crippen LogP contribution in [0.3, 0.4) is 0 Å². The molecule has 0 aromatic heterocycles. The van der Waals surface area contributed by atoms with Crippen LogP contribution in [-0.4, -0.2) is 96.7 Å². The molecule has 0 bridgehead atoms. The standard InChI is InChI=1S/C76H148O17P2/c1-8-10-11-12-33-43-50-57-73(78)86-63-72(93-76(81)60-53-46-39-38-41-48-55-68(5)6)66-91-95(84,85)89-62-70(77)61-88-94(82,83)90-65-71(64-87-74(79)58-51-44-36-31-27-23-20-19-21-25-29-34-40-47-54-67(3)4)92-75(80)59-52-45-37-32-28-24-18-16-14-13-15-17-22-26-30-35-42-49-56-69(7)9-2/h67-72,77H,8-66H2,1-7H3,(H,82,83)(H,84,85)/t69?,70-,71-,72-/m1/s1. The van der Waals surface area contributed by atoms with Gasteiger partial charge in [0, 0.05) is 25.7 Å². The fourth-order valence-electron chi connectivity index (χ4n) is 11.6. The van der Waals surface area contributed by atoms with Crippen molar-refractivity contribution < 1.29 is 80.2 Å². The minimum Gasteiger partial charge on any atom is -0.462 e. The van der Waals surface area contributed by atoms with Crippen LogP contribution in [0.1, 0.15) is 389 Å². The molecular formula is C76H148O17P2. The van der Waals surface area contributed by atoms with Crippen molar-refractivity contribution in [1.82, 2.24) is 0 Å². The van der Waals surface area contributed by atoms with Crippen LogP contribution in [0.2, 0.25) is 0 Å². The summed E-state index contributed by atoms with van der Waals surface area (Å²) in [6.07, 6.45) is 53.2. The van der Waals surface area contributed by atoms with E-state index < -0.39 is 97.5 Å². The van der Waals surface area contributed by atoms with Gasteiger partial charge in [0.1, 0.15) is 19.3 Å². The van der Waals surface area contributed by atoms with Crippen molar-refractivity contribution in [3.63, 3.8) is 0 Å². The van der Waals surface area contributed by atoms with Crippen molar-refractivity contribution >= 4 is 39.5 Å². The zero-order chi connectivity index (χ0) is 70.1. The first kappa shape index (κ1) is 93.1. The molecule has 0 amide bonds. The predicted octanol–water partition coefficient (Wildman–Crippen LogP) is 22.2. The molecule has 17 nitrogen and oxygen atoms in total. The highest BCUT2D eigenvalue weighted by Crippen LogP contribution is 2.45. The Balaban J connectivity index is 5.14. The summed E-state index contributed by atoms with van der Waals surface area (Å²) in [5.74, 6) is 0.212. The Labute approximate surface area is 581 Å². The zero-order valence-corrected chi connectivity index (χ0v) is 63.9. The van der Waals surface area contributed by atoms with E-state index in [1.807, 2.05) is 0 Å². The molecule has 0 rings (SSSR count). The molecule has 0 aliphatic carbocycles. The van der Waals surface area contributed by atoms with Crippen LogP contribution in [0.25, 0.3) is 0 Å². The molecule has 0 radical (unpaired) electrons. The molecule has 0 fully saturated rings. The highest BCUT2D eigenvalue weighted by molar-refractivity contribution is 7.47. The Kier molecular flexibility index (Phi) is 65.2. The third kappa shape index (κ3) is 69.0. The van der Waals surface area contributed by atoms with E-state index in [0.717, 1.165) is 115 Å². The second-order valence-electron chi connectivity index (χ2n) is 28.6. The summed E-state index contributed by atoms with van der Waals surface area (Å²) in [6.45, 7) is 11.8. The van der Waals surface area contributed by atoms with Gasteiger partial charge in [-0.25, -0.2) is 9.13 Å². The first-order valence-electron chi connectivity index (χ1n) is 39.4. The number of hydrogen-bond acceptors (Lipinski definition) is 15. The van der Waals surface area contributed by atoms with E-state index in [2.05, 4.69) is 48.5 Å². The van der Waals surface area contributed by atoms with Crippen molar-refractivity contribution in [2.45, 2.75) is 407 Å². The average Bonchev–Trinajstić information content (AvgIpc) is 2.82. The smallest absolute Gasteiger partial charge is 0.462 e. The first-order chi connectivity index (χ1) is 45.8. The zero-order valence-electron chi connectivity index (χ0n) is 62.1. The number of ether oxygens (including phenoxy) is 4. The van der Waals surface area contributed by atoms with E-state index in [1.54, 1.807) is 0 Å². The number of aliphatic hydroxyl groups is 1. The molecule has 0 aromatic rings. The molecule has 0 heterocycles. The Morgan fingerprint density at radius 2 is 0.537 bits per heavy atom. The number of rotatable bonds is 74. The number of unbranched alkanes of at least 4 members (excludes halogenated alkanes) is 41. The van der Waals surface area contributed by atoms with Crippen molar-refractivity contribution in [2.75, 3.05) is 39.6 Å². The summed E-state index contributed by atoms with van der Waals surface area (Å²) in [4.78, 5) is 72.5. The molecule has 0 spiro atoms. The summed E-state index contributed by atoms with van der Waals surface area (Å²) < 4.78 is 68.3. The van der Waals surface area contributed by atoms with Crippen LogP contribution in [0.15, 0.2) is 0 Å². The van der Waals surface area contributed by atoms with Gasteiger partial charge in [-0.15, -0.1) is 0 Å². The van der Waals surface area contributed by atoms with E-state index in [0.29, 0.717) is 31.6 Å². The Morgan fingerprint density at radius 1 is 0.305 bits per heavy atom. The van der Waals surface area contributed by atoms with Crippen LogP contribution < -0.4 is 0 Å². The van der Waals surface area contributed by atoms with Gasteiger partial charge in [0.2, 0.25) is 0 Å². The maximum Gasteiger partial charge on any atom is 0.472 e. The van der Waals surface area contributed by atoms with E-state index >= 15 is 0 Å². The Hall–Kier alpha value is -1.94. The van der Waals surface area contributed by atoms with Crippen LogP contribution in [0.4, 0.5) is 0 Å². The van der Waals surface area contributed by atoms with Crippen molar-refractivity contribution in [3.05, 3.63) is 0 Å². The van der Waals surface area contributed by atoms with Crippen LogP contribution in [-0.2, 0) is 65.4 Å². The lowest BCUT2D eigenvalue weighted by molar-refractivity contribution is -0.161. The minimum atomic E-state index is -4.96. The first-order valence-corrected chi connectivity index (χ1v) is 42.4. The summed E-state index contributed by atoms with van der Waals surface area (Å²) in [5.41, 5.74) is 0. The monoisotopic (exact) mass is 1400 g/mol. The topological polar surface area (TPSA) is 237 Å². The van der Waals surface area contributed by atoms with Crippen molar-refractivity contribution in [1.29, 1.82) is 0 Å². The summed E-state index contributed by atoms with van der Waals surface area (Å²) in [7, 11) is -9.90. The average molecular weight is 1400 g/mol. The number of aliphatic hydroxyl groups excluding tert-OH is 1. The van der Waals surface area contributed by atoms with E-state index in [9.17, 15) is 43.2 Å². The van der Waals surface area contributed by atoms with Gasteiger partial charge in [0.05, 0.1) is 26.4 Å². The normalized spacial score (nSPS) is 14.4. The second-order valence-corrected chi connectivity index (χ2v) is 31.5. The molecule has 3 unspecified atom stereocenters. The summed E-state index contributed by atoms with van der Waals surface area (Å²) >= 11 is 0. The largest absolute Gasteiger partial charge is 0.472 e. The van der Waals surface area contributed by atoms with Gasteiger partial charge in [-0.2, -0.15) is 0 Å². The summed E-state index contributed by atoms with van der Waals surface area (Å²) in [5, 5.41) is 10.6. The molecule has 0 aliphatic heterocycles. The van der Waals surface area contributed by atoms with Gasteiger partial charge >= 0.3 is 39.5 Å². The number of carbonyl (C=O) groups excluding carboxylic acids is 4. The van der Waals surface area contributed by atoms with Gasteiger partial charge in [0.25, 0.3) is 0 Å². The third-order valence-corrected chi connectivity index (χ3v) is 19.9. The molecular weight excluding hydrogens is 1250 g/mol. The summed E-state index contributed by atoms with van der Waals surface area (Å²) in [6, 6.07) is 0. The fraction of sp³-hybridized carbons (Fsp3) is 0.947. The number of phosphoric acid groups is 2. The van der Waals surface area contributed by atoms with Gasteiger partial charge in [0.15, 0.2) is 12.2 Å². The lowest BCUT2D eigenvalue weighted by atomic mass is 9.99. The number of esters is 4. The molecule has 3 N–H and O–H groups in total. The maximum absolute atomic E-state index is 13.1.